The zero-order valence-corrected chi connectivity index (χ0v) is 10.6. The zero-order valence-electron chi connectivity index (χ0n) is 10.6. The van der Waals surface area contributed by atoms with Gasteiger partial charge in [0.1, 0.15) is 13.2 Å². The Kier molecular flexibility index (Phi) is 4.81. The van der Waals surface area contributed by atoms with Crippen molar-refractivity contribution in [2.24, 2.45) is 5.84 Å². The SMILES string of the molecule is CCCOCC(NN)c1ccc2c(c1)OCCO2. The summed E-state index contributed by atoms with van der Waals surface area (Å²) in [5.41, 5.74) is 3.80. The second kappa shape index (κ2) is 6.58. The van der Waals surface area contributed by atoms with Crippen LogP contribution in [0, 0.1) is 0 Å². The van der Waals surface area contributed by atoms with Gasteiger partial charge in [0.2, 0.25) is 0 Å². The molecule has 0 saturated heterocycles. The van der Waals surface area contributed by atoms with E-state index in [1.54, 1.807) is 0 Å². The molecular formula is C13H20N2O3. The van der Waals surface area contributed by atoms with Gasteiger partial charge in [-0.15, -0.1) is 0 Å². The van der Waals surface area contributed by atoms with Crippen LogP contribution in [0.15, 0.2) is 18.2 Å². The van der Waals surface area contributed by atoms with E-state index in [0.29, 0.717) is 19.8 Å². The molecule has 0 radical (unpaired) electrons. The lowest BCUT2D eigenvalue weighted by Crippen LogP contribution is -2.31. The van der Waals surface area contributed by atoms with E-state index in [4.69, 9.17) is 20.1 Å². The summed E-state index contributed by atoms with van der Waals surface area (Å²) in [7, 11) is 0. The van der Waals surface area contributed by atoms with E-state index in [-0.39, 0.29) is 6.04 Å². The summed E-state index contributed by atoms with van der Waals surface area (Å²) < 4.78 is 16.6. The normalized spacial score (nSPS) is 15.4. The number of fused-ring (bicyclic) bond motifs is 1. The molecule has 0 aliphatic carbocycles. The third-order valence-electron chi connectivity index (χ3n) is 2.80. The van der Waals surface area contributed by atoms with E-state index >= 15 is 0 Å². The Morgan fingerprint density at radius 3 is 2.83 bits per heavy atom. The second-order valence-electron chi connectivity index (χ2n) is 4.20. The third-order valence-corrected chi connectivity index (χ3v) is 2.80. The largest absolute Gasteiger partial charge is 0.486 e. The van der Waals surface area contributed by atoms with E-state index < -0.39 is 0 Å². The van der Waals surface area contributed by atoms with Crippen molar-refractivity contribution in [1.82, 2.24) is 5.43 Å². The van der Waals surface area contributed by atoms with Crippen LogP contribution in [0.4, 0.5) is 0 Å². The van der Waals surface area contributed by atoms with Crippen LogP contribution in [0.2, 0.25) is 0 Å². The van der Waals surface area contributed by atoms with Crippen LogP contribution in [0.25, 0.3) is 0 Å². The van der Waals surface area contributed by atoms with Crippen molar-refractivity contribution in [3.63, 3.8) is 0 Å². The fraction of sp³-hybridized carbons (Fsp3) is 0.538. The lowest BCUT2D eigenvalue weighted by atomic mass is 10.1. The molecule has 0 aromatic heterocycles. The molecule has 5 heteroatoms. The van der Waals surface area contributed by atoms with Gasteiger partial charge >= 0.3 is 0 Å². The van der Waals surface area contributed by atoms with Gasteiger partial charge in [0, 0.05) is 6.61 Å². The highest BCUT2D eigenvalue weighted by Gasteiger charge is 2.16. The molecule has 0 saturated carbocycles. The molecule has 2 rings (SSSR count). The number of nitrogens with one attached hydrogen (secondary N) is 1. The molecule has 0 bridgehead atoms. The highest BCUT2D eigenvalue weighted by Crippen LogP contribution is 2.32. The minimum absolute atomic E-state index is 0.0348. The molecule has 1 aromatic carbocycles. The van der Waals surface area contributed by atoms with Crippen LogP contribution in [-0.2, 0) is 4.74 Å². The summed E-state index contributed by atoms with van der Waals surface area (Å²) in [6.07, 6.45) is 0.998. The minimum Gasteiger partial charge on any atom is -0.486 e. The molecule has 1 heterocycles. The molecule has 0 fully saturated rings. The van der Waals surface area contributed by atoms with Gasteiger partial charge in [-0.25, -0.2) is 0 Å². The summed E-state index contributed by atoms with van der Waals surface area (Å²) in [6.45, 7) is 4.55. The maximum absolute atomic E-state index is 5.56. The van der Waals surface area contributed by atoms with Crippen molar-refractivity contribution < 1.29 is 14.2 Å². The number of ether oxygens (including phenoxy) is 3. The van der Waals surface area contributed by atoms with Crippen LogP contribution < -0.4 is 20.7 Å². The van der Waals surface area contributed by atoms with Crippen molar-refractivity contribution in [2.75, 3.05) is 26.4 Å². The van der Waals surface area contributed by atoms with E-state index in [9.17, 15) is 0 Å². The molecule has 0 amide bonds. The van der Waals surface area contributed by atoms with Gasteiger partial charge in [-0.05, 0) is 24.1 Å². The first-order valence-corrected chi connectivity index (χ1v) is 6.28. The summed E-state index contributed by atoms with van der Waals surface area (Å²) >= 11 is 0. The van der Waals surface area contributed by atoms with Gasteiger partial charge in [0.05, 0.1) is 12.6 Å². The first-order chi connectivity index (χ1) is 8.85. The summed E-state index contributed by atoms with van der Waals surface area (Å²) in [6, 6.07) is 5.81. The van der Waals surface area contributed by atoms with E-state index in [1.807, 2.05) is 18.2 Å². The van der Waals surface area contributed by atoms with Crippen LogP contribution in [-0.4, -0.2) is 26.4 Å². The smallest absolute Gasteiger partial charge is 0.161 e. The van der Waals surface area contributed by atoms with E-state index in [0.717, 1.165) is 30.1 Å². The molecule has 1 atom stereocenters. The molecule has 100 valence electrons. The Balaban J connectivity index is 2.05. The van der Waals surface area contributed by atoms with Crippen molar-refractivity contribution in [1.29, 1.82) is 0 Å². The summed E-state index contributed by atoms with van der Waals surface area (Å²) in [5.74, 6) is 7.12. The molecule has 5 nitrogen and oxygen atoms in total. The summed E-state index contributed by atoms with van der Waals surface area (Å²) in [4.78, 5) is 0. The lowest BCUT2D eigenvalue weighted by Gasteiger charge is -2.21. The van der Waals surface area contributed by atoms with Crippen molar-refractivity contribution in [3.05, 3.63) is 23.8 Å². The molecule has 3 N–H and O–H groups in total. The highest BCUT2D eigenvalue weighted by molar-refractivity contribution is 5.44. The standard InChI is InChI=1S/C13H20N2O3/c1-2-5-16-9-11(15-14)10-3-4-12-13(8-10)18-7-6-17-12/h3-4,8,11,15H,2,5-7,9,14H2,1H3. The average Bonchev–Trinajstić information content (AvgIpc) is 2.43. The van der Waals surface area contributed by atoms with E-state index in [2.05, 4.69) is 12.3 Å². The van der Waals surface area contributed by atoms with Crippen molar-refractivity contribution in [3.8, 4) is 11.5 Å². The van der Waals surface area contributed by atoms with Gasteiger partial charge in [0.15, 0.2) is 11.5 Å². The Morgan fingerprint density at radius 1 is 1.33 bits per heavy atom. The average molecular weight is 252 g/mol. The number of nitrogens with two attached hydrogens (primary N) is 1. The number of hydrogen-bond acceptors (Lipinski definition) is 5. The molecule has 1 aliphatic rings. The first kappa shape index (κ1) is 13.1. The van der Waals surface area contributed by atoms with Crippen LogP contribution in [0.5, 0.6) is 11.5 Å². The predicted molar refractivity (Wildman–Crippen MR) is 68.6 cm³/mol. The van der Waals surface area contributed by atoms with Crippen LogP contribution >= 0.6 is 0 Å². The molecule has 1 aliphatic heterocycles. The predicted octanol–water partition coefficient (Wildman–Crippen LogP) is 1.39. The number of hydrazine groups is 1. The van der Waals surface area contributed by atoms with Gasteiger partial charge in [-0.3, -0.25) is 11.3 Å². The Morgan fingerprint density at radius 2 is 2.11 bits per heavy atom. The Hall–Kier alpha value is -1.30. The zero-order chi connectivity index (χ0) is 12.8. The minimum atomic E-state index is -0.0348. The number of benzene rings is 1. The molecule has 1 unspecified atom stereocenters. The first-order valence-electron chi connectivity index (χ1n) is 6.28. The number of hydrogen-bond donors (Lipinski definition) is 2. The fourth-order valence-corrected chi connectivity index (χ4v) is 1.86. The van der Waals surface area contributed by atoms with Gasteiger partial charge in [-0.1, -0.05) is 13.0 Å². The Bertz CT molecular complexity index is 384. The monoisotopic (exact) mass is 252 g/mol. The van der Waals surface area contributed by atoms with Gasteiger partial charge in [0.25, 0.3) is 0 Å². The second-order valence-corrected chi connectivity index (χ2v) is 4.20. The quantitative estimate of drug-likeness (QED) is 0.455. The molecular weight excluding hydrogens is 232 g/mol. The molecule has 0 spiro atoms. The fourth-order valence-electron chi connectivity index (χ4n) is 1.86. The highest BCUT2D eigenvalue weighted by atomic mass is 16.6. The van der Waals surface area contributed by atoms with Gasteiger partial charge in [-0.2, -0.15) is 0 Å². The topological polar surface area (TPSA) is 65.7 Å². The van der Waals surface area contributed by atoms with Crippen LogP contribution in [0.1, 0.15) is 24.9 Å². The lowest BCUT2D eigenvalue weighted by molar-refractivity contribution is 0.111. The Labute approximate surface area is 107 Å². The molecule has 1 aromatic rings. The van der Waals surface area contributed by atoms with Crippen molar-refractivity contribution in [2.45, 2.75) is 19.4 Å². The number of rotatable bonds is 6. The molecule has 18 heavy (non-hydrogen) atoms. The van der Waals surface area contributed by atoms with Gasteiger partial charge < -0.3 is 14.2 Å². The van der Waals surface area contributed by atoms with E-state index in [1.165, 1.54) is 0 Å². The third kappa shape index (κ3) is 3.13. The maximum Gasteiger partial charge on any atom is 0.161 e. The maximum atomic E-state index is 5.56. The van der Waals surface area contributed by atoms with Crippen molar-refractivity contribution >= 4 is 0 Å². The van der Waals surface area contributed by atoms with Crippen LogP contribution in [0.3, 0.4) is 0 Å². The summed E-state index contributed by atoms with van der Waals surface area (Å²) in [5, 5.41) is 0.